The van der Waals surface area contributed by atoms with Gasteiger partial charge in [0, 0.05) is 30.4 Å². The molecule has 0 radical (unpaired) electrons. The highest BCUT2D eigenvalue weighted by molar-refractivity contribution is 5.40. The smallest absolute Gasteiger partial charge is 0.129 e. The molecular formula is C14H19FN2O. The van der Waals surface area contributed by atoms with Gasteiger partial charge in [0.15, 0.2) is 0 Å². The Kier molecular flexibility index (Phi) is 3.22. The molecule has 2 N–H and O–H groups in total. The van der Waals surface area contributed by atoms with Crippen LogP contribution in [0.2, 0.25) is 0 Å². The van der Waals surface area contributed by atoms with E-state index in [1.807, 2.05) is 0 Å². The number of benzene rings is 1. The van der Waals surface area contributed by atoms with Crippen LogP contribution in [-0.4, -0.2) is 30.2 Å². The van der Waals surface area contributed by atoms with Gasteiger partial charge in [0.05, 0.1) is 12.7 Å². The van der Waals surface area contributed by atoms with E-state index < -0.39 is 0 Å². The fourth-order valence-electron chi connectivity index (χ4n) is 3.11. The summed E-state index contributed by atoms with van der Waals surface area (Å²) in [7, 11) is 0. The van der Waals surface area contributed by atoms with Crippen molar-refractivity contribution in [2.45, 2.75) is 38.0 Å². The van der Waals surface area contributed by atoms with Crippen LogP contribution in [0.15, 0.2) is 18.2 Å². The molecule has 3 rings (SSSR count). The molecule has 1 aliphatic heterocycles. The van der Waals surface area contributed by atoms with E-state index in [0.29, 0.717) is 24.4 Å². The van der Waals surface area contributed by atoms with Gasteiger partial charge >= 0.3 is 0 Å². The summed E-state index contributed by atoms with van der Waals surface area (Å²) in [5.41, 5.74) is 6.79. The average molecular weight is 250 g/mol. The summed E-state index contributed by atoms with van der Waals surface area (Å²) in [5.74, 6) is -0.198. The van der Waals surface area contributed by atoms with Crippen LogP contribution >= 0.6 is 0 Å². The molecule has 2 atom stereocenters. The third-order valence-electron chi connectivity index (χ3n) is 4.05. The molecule has 1 saturated carbocycles. The highest BCUT2D eigenvalue weighted by Crippen LogP contribution is 2.31. The molecule has 4 heteroatoms. The molecule has 18 heavy (non-hydrogen) atoms. The van der Waals surface area contributed by atoms with Crippen molar-refractivity contribution in [3.8, 4) is 0 Å². The van der Waals surface area contributed by atoms with Gasteiger partial charge in [-0.25, -0.2) is 4.39 Å². The van der Waals surface area contributed by atoms with Gasteiger partial charge in [-0.2, -0.15) is 0 Å². The monoisotopic (exact) mass is 250 g/mol. The Morgan fingerprint density at radius 3 is 3.11 bits per heavy atom. The van der Waals surface area contributed by atoms with Gasteiger partial charge in [-0.1, -0.05) is 6.07 Å². The topological polar surface area (TPSA) is 38.5 Å². The minimum absolute atomic E-state index is 0.198. The van der Waals surface area contributed by atoms with Crippen molar-refractivity contribution in [1.29, 1.82) is 0 Å². The first kappa shape index (κ1) is 11.9. The molecule has 0 aromatic heterocycles. The lowest BCUT2D eigenvalue weighted by molar-refractivity contribution is -0.0591. The number of rotatable bonds is 2. The predicted octanol–water partition coefficient (Wildman–Crippen LogP) is 2.16. The number of hydrogen-bond donors (Lipinski definition) is 1. The lowest BCUT2D eigenvalue weighted by atomic mass is 10.1. The number of anilines is 1. The third-order valence-corrected chi connectivity index (χ3v) is 4.05. The first-order valence-corrected chi connectivity index (χ1v) is 6.63. The average Bonchev–Trinajstić information content (AvgIpc) is 2.82. The van der Waals surface area contributed by atoms with Crippen molar-refractivity contribution in [1.82, 2.24) is 4.90 Å². The fourth-order valence-corrected chi connectivity index (χ4v) is 3.11. The Bertz CT molecular complexity index is 438. The molecule has 3 nitrogen and oxygen atoms in total. The first-order valence-electron chi connectivity index (χ1n) is 6.63. The lowest BCUT2D eigenvalue weighted by Crippen LogP contribution is -2.47. The molecule has 2 fully saturated rings. The van der Waals surface area contributed by atoms with Crippen LogP contribution in [0.5, 0.6) is 0 Å². The van der Waals surface area contributed by atoms with Gasteiger partial charge in [-0.3, -0.25) is 4.90 Å². The van der Waals surface area contributed by atoms with E-state index in [0.717, 1.165) is 25.1 Å². The van der Waals surface area contributed by atoms with Gasteiger partial charge < -0.3 is 10.5 Å². The van der Waals surface area contributed by atoms with E-state index in [4.69, 9.17) is 10.5 Å². The number of morpholine rings is 1. The molecule has 1 saturated heterocycles. The van der Waals surface area contributed by atoms with Crippen molar-refractivity contribution < 1.29 is 9.13 Å². The highest BCUT2D eigenvalue weighted by Gasteiger charge is 2.35. The Morgan fingerprint density at radius 1 is 1.39 bits per heavy atom. The Balaban J connectivity index is 1.75. The van der Waals surface area contributed by atoms with E-state index in [-0.39, 0.29) is 5.82 Å². The predicted molar refractivity (Wildman–Crippen MR) is 68.6 cm³/mol. The minimum Gasteiger partial charge on any atom is -0.399 e. The van der Waals surface area contributed by atoms with Crippen LogP contribution in [0, 0.1) is 5.82 Å². The molecule has 1 heterocycles. The maximum absolute atomic E-state index is 13.8. The number of hydrogen-bond acceptors (Lipinski definition) is 3. The Morgan fingerprint density at radius 2 is 2.28 bits per heavy atom. The Labute approximate surface area is 107 Å². The molecule has 0 spiro atoms. The number of nitrogen functional groups attached to an aromatic ring is 1. The van der Waals surface area contributed by atoms with Crippen LogP contribution in [-0.2, 0) is 11.3 Å². The summed E-state index contributed by atoms with van der Waals surface area (Å²) in [5, 5.41) is 0. The Hall–Kier alpha value is -1.13. The standard InChI is InChI=1S/C14H19FN2O/c15-12-8-11(16)5-4-10(12)9-17-6-7-18-14-3-1-2-13(14)17/h4-5,8,13-14H,1-3,6-7,9,16H2. The van der Waals surface area contributed by atoms with Gasteiger partial charge in [-0.05, 0) is 31.4 Å². The molecule has 98 valence electrons. The van der Waals surface area contributed by atoms with E-state index in [2.05, 4.69) is 4.90 Å². The van der Waals surface area contributed by atoms with Gasteiger partial charge in [0.2, 0.25) is 0 Å². The second-order valence-corrected chi connectivity index (χ2v) is 5.23. The van der Waals surface area contributed by atoms with Gasteiger partial charge in [0.1, 0.15) is 5.82 Å². The SMILES string of the molecule is Nc1ccc(CN2CCOC3CCCC32)c(F)c1. The van der Waals surface area contributed by atoms with Crippen molar-refractivity contribution >= 4 is 5.69 Å². The number of nitrogens with zero attached hydrogens (tertiary/aromatic N) is 1. The summed E-state index contributed by atoms with van der Waals surface area (Å²) < 4.78 is 19.6. The zero-order valence-electron chi connectivity index (χ0n) is 10.4. The van der Waals surface area contributed by atoms with E-state index in [9.17, 15) is 4.39 Å². The molecule has 1 aromatic rings. The van der Waals surface area contributed by atoms with Gasteiger partial charge in [0.25, 0.3) is 0 Å². The summed E-state index contributed by atoms with van der Waals surface area (Å²) in [6.45, 7) is 2.32. The third kappa shape index (κ3) is 2.22. The van der Waals surface area contributed by atoms with E-state index in [1.165, 1.54) is 18.9 Å². The van der Waals surface area contributed by atoms with Crippen molar-refractivity contribution in [3.63, 3.8) is 0 Å². The molecule has 0 amide bonds. The van der Waals surface area contributed by atoms with Crippen LogP contribution in [0.3, 0.4) is 0 Å². The fraction of sp³-hybridized carbons (Fsp3) is 0.571. The molecule has 2 aliphatic rings. The summed E-state index contributed by atoms with van der Waals surface area (Å²) in [6.07, 6.45) is 3.89. The molecule has 0 bridgehead atoms. The van der Waals surface area contributed by atoms with Crippen molar-refractivity contribution in [2.75, 3.05) is 18.9 Å². The second-order valence-electron chi connectivity index (χ2n) is 5.23. The van der Waals surface area contributed by atoms with Gasteiger partial charge in [-0.15, -0.1) is 0 Å². The zero-order chi connectivity index (χ0) is 12.5. The van der Waals surface area contributed by atoms with E-state index in [1.54, 1.807) is 12.1 Å². The molecule has 2 unspecified atom stereocenters. The maximum atomic E-state index is 13.8. The number of nitrogens with two attached hydrogens (primary N) is 1. The number of fused-ring (bicyclic) bond motifs is 1. The molecule has 1 aliphatic carbocycles. The first-order chi connectivity index (χ1) is 8.74. The minimum atomic E-state index is -0.198. The van der Waals surface area contributed by atoms with Crippen molar-refractivity contribution in [3.05, 3.63) is 29.6 Å². The molecular weight excluding hydrogens is 231 g/mol. The largest absolute Gasteiger partial charge is 0.399 e. The van der Waals surface area contributed by atoms with Crippen LogP contribution in [0.4, 0.5) is 10.1 Å². The lowest BCUT2D eigenvalue weighted by Gasteiger charge is -2.37. The summed E-state index contributed by atoms with van der Waals surface area (Å²) in [6, 6.07) is 5.44. The zero-order valence-corrected chi connectivity index (χ0v) is 10.4. The number of ether oxygens (including phenoxy) is 1. The summed E-state index contributed by atoms with van der Waals surface area (Å²) in [4.78, 5) is 2.36. The second kappa shape index (κ2) is 4.86. The van der Waals surface area contributed by atoms with Crippen LogP contribution in [0.25, 0.3) is 0 Å². The van der Waals surface area contributed by atoms with Crippen LogP contribution in [0.1, 0.15) is 24.8 Å². The highest BCUT2D eigenvalue weighted by atomic mass is 19.1. The number of halogens is 1. The molecule has 1 aromatic carbocycles. The normalized spacial score (nSPS) is 28.3. The van der Waals surface area contributed by atoms with E-state index >= 15 is 0 Å². The summed E-state index contributed by atoms with van der Waals surface area (Å²) >= 11 is 0. The van der Waals surface area contributed by atoms with Crippen LogP contribution < -0.4 is 5.73 Å². The van der Waals surface area contributed by atoms with Crippen molar-refractivity contribution in [2.24, 2.45) is 0 Å². The quantitative estimate of drug-likeness (QED) is 0.817. The maximum Gasteiger partial charge on any atom is 0.129 e.